The first-order valence-corrected chi connectivity index (χ1v) is 7.89. The number of nitrogens with one attached hydrogen (secondary N) is 1. The van der Waals surface area contributed by atoms with Gasteiger partial charge in [-0.15, -0.1) is 0 Å². The van der Waals surface area contributed by atoms with Crippen molar-refractivity contribution < 1.29 is 9.21 Å². The molecule has 6 nitrogen and oxygen atoms in total. The molecule has 1 N–H and O–H groups in total. The van der Waals surface area contributed by atoms with E-state index in [1.54, 1.807) is 16.9 Å². The zero-order chi connectivity index (χ0) is 16.7. The summed E-state index contributed by atoms with van der Waals surface area (Å²) in [6, 6.07) is 8.70. The summed E-state index contributed by atoms with van der Waals surface area (Å²) in [5.41, 5.74) is 1.19. The first-order chi connectivity index (χ1) is 11.6. The third kappa shape index (κ3) is 2.60. The normalized spacial score (nSPS) is 15.4. The zero-order valence-corrected chi connectivity index (χ0v) is 13.3. The molecule has 1 aromatic carbocycles. The number of fused-ring (bicyclic) bond motifs is 1. The Morgan fingerprint density at radius 1 is 1.38 bits per heavy atom. The second-order valence-corrected chi connectivity index (χ2v) is 6.40. The van der Waals surface area contributed by atoms with Crippen molar-refractivity contribution in [3.8, 4) is 0 Å². The van der Waals surface area contributed by atoms with Gasteiger partial charge in [0.1, 0.15) is 5.58 Å². The van der Waals surface area contributed by atoms with Gasteiger partial charge in [-0.05, 0) is 43.5 Å². The number of aryl methyl sites for hydroxylation is 1. The van der Waals surface area contributed by atoms with Crippen LogP contribution in [0, 0.1) is 12.3 Å². The van der Waals surface area contributed by atoms with Crippen LogP contribution in [0.25, 0.3) is 11.0 Å². The molecular formula is C18H17N3O3. The van der Waals surface area contributed by atoms with Crippen molar-refractivity contribution in [1.82, 2.24) is 9.78 Å². The van der Waals surface area contributed by atoms with E-state index in [1.165, 1.54) is 6.07 Å². The fourth-order valence-electron chi connectivity index (χ4n) is 2.98. The van der Waals surface area contributed by atoms with Crippen LogP contribution in [0.4, 0.5) is 5.69 Å². The van der Waals surface area contributed by atoms with E-state index in [0.29, 0.717) is 17.8 Å². The van der Waals surface area contributed by atoms with Crippen molar-refractivity contribution in [3.05, 3.63) is 58.7 Å². The maximum atomic E-state index is 12.6. The highest BCUT2D eigenvalue weighted by molar-refractivity contribution is 5.98. The number of rotatable bonds is 4. The van der Waals surface area contributed by atoms with Crippen LogP contribution in [0.3, 0.4) is 0 Å². The molecule has 0 atom stereocenters. The number of benzene rings is 1. The van der Waals surface area contributed by atoms with Crippen LogP contribution >= 0.6 is 0 Å². The van der Waals surface area contributed by atoms with Gasteiger partial charge in [-0.1, -0.05) is 0 Å². The van der Waals surface area contributed by atoms with Crippen molar-refractivity contribution in [2.45, 2.75) is 26.3 Å². The molecule has 0 unspecified atom stereocenters. The average Bonchev–Trinajstić information content (AvgIpc) is 3.13. The highest BCUT2D eigenvalue weighted by Gasteiger charge is 2.50. The Balaban J connectivity index is 1.58. The number of carbonyl (C=O) groups is 1. The fourth-order valence-corrected chi connectivity index (χ4v) is 2.98. The van der Waals surface area contributed by atoms with Crippen LogP contribution in [0.2, 0.25) is 0 Å². The lowest BCUT2D eigenvalue weighted by Crippen LogP contribution is -2.28. The minimum atomic E-state index is -0.394. The number of carbonyl (C=O) groups excluding carboxylic acids is 1. The van der Waals surface area contributed by atoms with E-state index in [-0.39, 0.29) is 11.5 Å². The Kier molecular flexibility index (Phi) is 3.26. The molecule has 3 aromatic rings. The number of hydrogen-bond acceptors (Lipinski definition) is 4. The number of anilines is 1. The molecule has 1 aliphatic rings. The minimum absolute atomic E-state index is 0.0210. The zero-order valence-electron chi connectivity index (χ0n) is 13.3. The Labute approximate surface area is 138 Å². The van der Waals surface area contributed by atoms with Crippen LogP contribution in [0.15, 0.2) is 51.9 Å². The highest BCUT2D eigenvalue weighted by atomic mass is 16.4. The quantitative estimate of drug-likeness (QED) is 0.749. The van der Waals surface area contributed by atoms with Crippen molar-refractivity contribution in [2.75, 3.05) is 5.32 Å². The number of hydrogen-bond donors (Lipinski definition) is 1. The van der Waals surface area contributed by atoms with Gasteiger partial charge in [-0.2, -0.15) is 5.10 Å². The molecule has 0 saturated heterocycles. The molecule has 2 heterocycles. The van der Waals surface area contributed by atoms with Crippen molar-refractivity contribution in [1.29, 1.82) is 0 Å². The van der Waals surface area contributed by atoms with E-state index in [2.05, 4.69) is 10.4 Å². The predicted octanol–water partition coefficient (Wildman–Crippen LogP) is 2.72. The molecule has 4 rings (SSSR count). The summed E-state index contributed by atoms with van der Waals surface area (Å²) < 4.78 is 7.02. The van der Waals surface area contributed by atoms with E-state index in [1.807, 2.05) is 31.3 Å². The third-order valence-electron chi connectivity index (χ3n) is 4.57. The second kappa shape index (κ2) is 5.33. The second-order valence-electron chi connectivity index (χ2n) is 6.40. The highest BCUT2D eigenvalue weighted by Crippen LogP contribution is 2.48. The van der Waals surface area contributed by atoms with Crippen molar-refractivity contribution in [2.24, 2.45) is 5.41 Å². The van der Waals surface area contributed by atoms with E-state index in [4.69, 9.17) is 4.42 Å². The third-order valence-corrected chi connectivity index (χ3v) is 4.57. The first kappa shape index (κ1) is 14.7. The molecule has 0 radical (unpaired) electrons. The molecule has 0 aliphatic heterocycles. The Morgan fingerprint density at radius 2 is 2.21 bits per heavy atom. The van der Waals surface area contributed by atoms with Crippen LogP contribution in [-0.2, 0) is 11.3 Å². The monoisotopic (exact) mass is 323 g/mol. The molecule has 1 aliphatic carbocycles. The van der Waals surface area contributed by atoms with E-state index in [0.717, 1.165) is 23.8 Å². The Hall–Kier alpha value is -2.89. The number of aromatic nitrogens is 2. The van der Waals surface area contributed by atoms with Crippen LogP contribution < -0.4 is 10.9 Å². The van der Waals surface area contributed by atoms with Gasteiger partial charge in [0.05, 0.1) is 12.0 Å². The van der Waals surface area contributed by atoms with Crippen molar-refractivity contribution >= 4 is 22.6 Å². The average molecular weight is 323 g/mol. The number of amides is 1. The minimum Gasteiger partial charge on any atom is -0.423 e. The Bertz CT molecular complexity index is 969. The maximum Gasteiger partial charge on any atom is 0.336 e. The van der Waals surface area contributed by atoms with E-state index < -0.39 is 5.41 Å². The molecule has 6 heteroatoms. The fraction of sp³-hybridized carbons (Fsp3) is 0.278. The predicted molar refractivity (Wildman–Crippen MR) is 89.7 cm³/mol. The van der Waals surface area contributed by atoms with Crippen LogP contribution in [0.1, 0.15) is 18.4 Å². The van der Waals surface area contributed by atoms with E-state index >= 15 is 0 Å². The summed E-state index contributed by atoms with van der Waals surface area (Å²) in [5, 5.41) is 7.99. The van der Waals surface area contributed by atoms with Crippen LogP contribution in [0.5, 0.6) is 0 Å². The van der Waals surface area contributed by atoms with Gasteiger partial charge in [0.15, 0.2) is 0 Å². The van der Waals surface area contributed by atoms with Crippen LogP contribution in [-0.4, -0.2) is 15.7 Å². The summed E-state index contributed by atoms with van der Waals surface area (Å²) in [4.78, 5) is 24.2. The smallest absolute Gasteiger partial charge is 0.336 e. The van der Waals surface area contributed by atoms with Gasteiger partial charge >= 0.3 is 5.63 Å². The van der Waals surface area contributed by atoms with Gasteiger partial charge < -0.3 is 9.73 Å². The molecule has 1 saturated carbocycles. The standard InChI is InChI=1S/C18H17N3O3/c1-12-9-16(22)24-15-10-13(3-4-14(12)15)20-17(23)18(5-6-18)11-21-8-2-7-19-21/h2-4,7-10H,5-6,11H2,1H3,(H,20,23). The Morgan fingerprint density at radius 3 is 2.92 bits per heavy atom. The summed E-state index contributed by atoms with van der Waals surface area (Å²) in [6.45, 7) is 2.44. The molecule has 0 spiro atoms. The molecule has 122 valence electrons. The molecule has 2 aromatic heterocycles. The maximum absolute atomic E-state index is 12.6. The summed E-state index contributed by atoms with van der Waals surface area (Å²) in [6.07, 6.45) is 5.27. The summed E-state index contributed by atoms with van der Waals surface area (Å²) >= 11 is 0. The molecular weight excluding hydrogens is 306 g/mol. The largest absolute Gasteiger partial charge is 0.423 e. The van der Waals surface area contributed by atoms with Gasteiger partial charge in [-0.25, -0.2) is 4.79 Å². The summed E-state index contributed by atoms with van der Waals surface area (Å²) in [5.74, 6) is -0.0210. The summed E-state index contributed by atoms with van der Waals surface area (Å²) in [7, 11) is 0. The van der Waals surface area contributed by atoms with E-state index in [9.17, 15) is 9.59 Å². The van der Waals surface area contributed by atoms with Gasteiger partial charge in [0.25, 0.3) is 0 Å². The van der Waals surface area contributed by atoms with Gasteiger partial charge in [-0.3, -0.25) is 9.48 Å². The topological polar surface area (TPSA) is 77.1 Å². The van der Waals surface area contributed by atoms with Gasteiger partial charge in [0.2, 0.25) is 5.91 Å². The lowest BCUT2D eigenvalue weighted by molar-refractivity contribution is -0.121. The van der Waals surface area contributed by atoms with Crippen molar-refractivity contribution in [3.63, 3.8) is 0 Å². The molecule has 24 heavy (non-hydrogen) atoms. The molecule has 0 bridgehead atoms. The molecule has 1 fully saturated rings. The number of nitrogens with zero attached hydrogens (tertiary/aromatic N) is 2. The SMILES string of the molecule is Cc1cc(=O)oc2cc(NC(=O)C3(Cn4cccn4)CC3)ccc12. The lowest BCUT2D eigenvalue weighted by atomic mass is 10.1. The lowest BCUT2D eigenvalue weighted by Gasteiger charge is -2.15. The van der Waals surface area contributed by atoms with Gasteiger partial charge in [0, 0.05) is 35.6 Å². The molecule has 1 amide bonds. The first-order valence-electron chi connectivity index (χ1n) is 7.89.